The predicted octanol–water partition coefficient (Wildman–Crippen LogP) is 3.35. The minimum Gasteiger partial charge on any atom is -0.382 e. The number of sulfone groups is 1. The Kier molecular flexibility index (Phi) is 6.41. The van der Waals surface area contributed by atoms with Crippen LogP contribution in [0.3, 0.4) is 0 Å². The molecule has 0 bridgehead atoms. The standard InChI is InChI=1S/C24H24N6O4S2/c1-2-25-22(31)30-23-29-19-12-15(11-17(20(19)35-23)18-5-3-4-8-26-18)16-13-27-21(28-14-16)24(32)6-9-36(33,34)10-7-24/h3-5,8,11-14,32H,2,6-7,9-10H2,1H3,(H2,25,29,30,31). The molecule has 1 aliphatic heterocycles. The predicted molar refractivity (Wildman–Crippen MR) is 138 cm³/mol. The fourth-order valence-corrected chi connectivity index (χ4v) is 6.55. The molecule has 5 rings (SSSR count). The number of benzene rings is 1. The number of carbonyl (C=O) groups excluding carboxylic acids is 1. The normalized spacial score (nSPS) is 16.5. The Morgan fingerprint density at radius 2 is 1.86 bits per heavy atom. The van der Waals surface area contributed by atoms with Crippen molar-refractivity contribution in [2.24, 2.45) is 0 Å². The fourth-order valence-electron chi connectivity index (χ4n) is 4.08. The summed E-state index contributed by atoms with van der Waals surface area (Å²) in [5, 5.41) is 16.9. The molecule has 12 heteroatoms. The average molecular weight is 525 g/mol. The Balaban J connectivity index is 1.52. The number of anilines is 1. The van der Waals surface area contributed by atoms with Crippen LogP contribution in [0.2, 0.25) is 0 Å². The van der Waals surface area contributed by atoms with Crippen molar-refractivity contribution >= 4 is 42.6 Å². The van der Waals surface area contributed by atoms with E-state index in [0.29, 0.717) is 22.8 Å². The number of aromatic nitrogens is 4. The molecular formula is C24H24N6O4S2. The van der Waals surface area contributed by atoms with E-state index in [2.05, 4.69) is 30.6 Å². The first-order valence-corrected chi connectivity index (χ1v) is 14.1. The summed E-state index contributed by atoms with van der Waals surface area (Å²) < 4.78 is 24.4. The molecular weight excluding hydrogens is 500 g/mol. The lowest BCUT2D eigenvalue weighted by Gasteiger charge is -2.30. The summed E-state index contributed by atoms with van der Waals surface area (Å²) in [6, 6.07) is 9.18. The molecule has 1 fully saturated rings. The van der Waals surface area contributed by atoms with E-state index in [4.69, 9.17) is 0 Å². The number of hydrogen-bond donors (Lipinski definition) is 3. The van der Waals surface area contributed by atoms with Gasteiger partial charge in [0.15, 0.2) is 20.8 Å². The number of fused-ring (bicyclic) bond motifs is 1. The maximum absolute atomic E-state index is 12.0. The largest absolute Gasteiger partial charge is 0.382 e. The van der Waals surface area contributed by atoms with E-state index in [-0.39, 0.29) is 36.2 Å². The third-order valence-corrected chi connectivity index (χ3v) is 8.72. The number of rotatable bonds is 5. The van der Waals surface area contributed by atoms with Gasteiger partial charge in [-0.3, -0.25) is 10.3 Å². The topological polar surface area (TPSA) is 147 Å². The molecule has 1 aliphatic rings. The number of aliphatic hydroxyl groups is 1. The lowest BCUT2D eigenvalue weighted by Crippen LogP contribution is -2.38. The monoisotopic (exact) mass is 524 g/mol. The van der Waals surface area contributed by atoms with Crippen molar-refractivity contribution in [2.45, 2.75) is 25.4 Å². The van der Waals surface area contributed by atoms with Gasteiger partial charge in [-0.1, -0.05) is 17.4 Å². The molecule has 0 radical (unpaired) electrons. The smallest absolute Gasteiger partial charge is 0.321 e. The second-order valence-electron chi connectivity index (χ2n) is 8.57. The van der Waals surface area contributed by atoms with Crippen LogP contribution in [0.5, 0.6) is 0 Å². The van der Waals surface area contributed by atoms with Gasteiger partial charge in [-0.05, 0) is 49.6 Å². The van der Waals surface area contributed by atoms with Crippen LogP contribution in [-0.4, -0.2) is 57.5 Å². The number of hydrogen-bond acceptors (Lipinski definition) is 9. The lowest BCUT2D eigenvalue weighted by molar-refractivity contribution is 0.0173. The molecule has 10 nitrogen and oxygen atoms in total. The van der Waals surface area contributed by atoms with E-state index >= 15 is 0 Å². The fraction of sp³-hybridized carbons (Fsp3) is 0.292. The molecule has 4 aromatic rings. The number of nitrogens with one attached hydrogen (secondary N) is 2. The van der Waals surface area contributed by atoms with E-state index in [1.165, 1.54) is 11.3 Å². The second kappa shape index (κ2) is 9.52. The molecule has 0 atom stereocenters. The summed E-state index contributed by atoms with van der Waals surface area (Å²) in [6.07, 6.45) is 5.10. The first kappa shape index (κ1) is 24.2. The molecule has 4 heterocycles. The van der Waals surface area contributed by atoms with Crippen molar-refractivity contribution in [2.75, 3.05) is 23.4 Å². The van der Waals surface area contributed by atoms with Crippen LogP contribution in [0.15, 0.2) is 48.9 Å². The Hall–Kier alpha value is -3.48. The summed E-state index contributed by atoms with van der Waals surface area (Å²) in [7, 11) is -3.13. The minimum atomic E-state index is -3.13. The van der Waals surface area contributed by atoms with Gasteiger partial charge in [0.2, 0.25) is 0 Å². The van der Waals surface area contributed by atoms with Gasteiger partial charge in [0, 0.05) is 36.3 Å². The molecule has 1 saturated heterocycles. The zero-order chi connectivity index (χ0) is 25.3. The minimum absolute atomic E-state index is 0.0741. The highest BCUT2D eigenvalue weighted by Gasteiger charge is 2.39. The Morgan fingerprint density at radius 1 is 1.11 bits per heavy atom. The summed E-state index contributed by atoms with van der Waals surface area (Å²) in [5.41, 5.74) is 2.43. The summed E-state index contributed by atoms with van der Waals surface area (Å²) in [4.78, 5) is 29.9. The number of pyridine rings is 1. The lowest BCUT2D eigenvalue weighted by atomic mass is 9.95. The summed E-state index contributed by atoms with van der Waals surface area (Å²) in [6.45, 7) is 2.34. The maximum atomic E-state index is 12.0. The van der Waals surface area contributed by atoms with Crippen molar-refractivity contribution in [3.05, 3.63) is 54.7 Å². The second-order valence-corrected chi connectivity index (χ2v) is 11.9. The number of thiazole rings is 1. The summed E-state index contributed by atoms with van der Waals surface area (Å²) >= 11 is 1.36. The van der Waals surface area contributed by atoms with Crippen molar-refractivity contribution in [1.82, 2.24) is 25.3 Å². The number of carbonyl (C=O) groups is 1. The van der Waals surface area contributed by atoms with E-state index in [1.54, 1.807) is 18.6 Å². The molecule has 3 N–H and O–H groups in total. The molecule has 0 aliphatic carbocycles. The number of urea groups is 1. The van der Waals surface area contributed by atoms with Crippen LogP contribution >= 0.6 is 11.3 Å². The molecule has 3 aromatic heterocycles. The zero-order valence-corrected chi connectivity index (χ0v) is 21.1. The van der Waals surface area contributed by atoms with Crippen LogP contribution in [0.4, 0.5) is 9.93 Å². The van der Waals surface area contributed by atoms with Crippen LogP contribution in [-0.2, 0) is 15.4 Å². The van der Waals surface area contributed by atoms with E-state index in [1.807, 2.05) is 37.3 Å². The van der Waals surface area contributed by atoms with Gasteiger partial charge in [-0.15, -0.1) is 0 Å². The SMILES string of the molecule is CCNC(=O)Nc1nc2cc(-c3cnc(C4(O)CCS(=O)(=O)CC4)nc3)cc(-c3ccccn3)c2s1. The van der Waals surface area contributed by atoms with Gasteiger partial charge in [0.25, 0.3) is 0 Å². The Morgan fingerprint density at radius 3 is 2.53 bits per heavy atom. The van der Waals surface area contributed by atoms with E-state index < -0.39 is 15.4 Å². The third-order valence-electron chi connectivity index (χ3n) is 6.04. The summed E-state index contributed by atoms with van der Waals surface area (Å²) in [5.74, 6) is 0.0407. The molecule has 1 aromatic carbocycles. The molecule has 0 unspecified atom stereocenters. The van der Waals surface area contributed by atoms with Gasteiger partial charge in [0.1, 0.15) is 5.60 Å². The van der Waals surface area contributed by atoms with E-state index in [9.17, 15) is 18.3 Å². The molecule has 36 heavy (non-hydrogen) atoms. The molecule has 186 valence electrons. The first-order chi connectivity index (χ1) is 17.3. The highest BCUT2D eigenvalue weighted by atomic mass is 32.2. The van der Waals surface area contributed by atoms with Gasteiger partial charge in [-0.2, -0.15) is 0 Å². The third kappa shape index (κ3) is 4.92. The van der Waals surface area contributed by atoms with Crippen LogP contribution in [0.1, 0.15) is 25.6 Å². The Labute approximate surface area is 211 Å². The Bertz CT molecular complexity index is 1510. The zero-order valence-electron chi connectivity index (χ0n) is 19.4. The van der Waals surface area contributed by atoms with Crippen molar-refractivity contribution < 1.29 is 18.3 Å². The van der Waals surface area contributed by atoms with Crippen LogP contribution in [0.25, 0.3) is 32.6 Å². The van der Waals surface area contributed by atoms with Gasteiger partial charge in [-0.25, -0.2) is 28.2 Å². The van der Waals surface area contributed by atoms with Crippen LogP contribution in [0, 0.1) is 0 Å². The van der Waals surface area contributed by atoms with Crippen molar-refractivity contribution in [1.29, 1.82) is 0 Å². The highest BCUT2D eigenvalue weighted by Crippen LogP contribution is 2.38. The average Bonchev–Trinajstić information content (AvgIpc) is 3.28. The van der Waals surface area contributed by atoms with Crippen molar-refractivity contribution in [3.8, 4) is 22.4 Å². The first-order valence-electron chi connectivity index (χ1n) is 11.4. The van der Waals surface area contributed by atoms with E-state index in [0.717, 1.165) is 21.5 Å². The number of amides is 2. The highest BCUT2D eigenvalue weighted by molar-refractivity contribution is 7.91. The quantitative estimate of drug-likeness (QED) is 0.360. The molecule has 0 saturated carbocycles. The molecule has 2 amide bonds. The number of nitrogens with zero attached hydrogens (tertiary/aromatic N) is 4. The van der Waals surface area contributed by atoms with Crippen molar-refractivity contribution in [3.63, 3.8) is 0 Å². The van der Waals surface area contributed by atoms with Gasteiger partial charge < -0.3 is 10.4 Å². The van der Waals surface area contributed by atoms with Gasteiger partial charge >= 0.3 is 6.03 Å². The van der Waals surface area contributed by atoms with Gasteiger partial charge in [0.05, 0.1) is 27.4 Å². The van der Waals surface area contributed by atoms with Crippen LogP contribution < -0.4 is 10.6 Å². The maximum Gasteiger partial charge on any atom is 0.321 e. The molecule has 0 spiro atoms.